The van der Waals surface area contributed by atoms with Crippen LogP contribution in [0.3, 0.4) is 0 Å². The summed E-state index contributed by atoms with van der Waals surface area (Å²) in [7, 11) is 0. The summed E-state index contributed by atoms with van der Waals surface area (Å²) in [6.45, 7) is 1.24. The van der Waals surface area contributed by atoms with Crippen LogP contribution in [0, 0.1) is 0 Å². The van der Waals surface area contributed by atoms with Gasteiger partial charge < -0.3 is 5.11 Å². The van der Waals surface area contributed by atoms with Gasteiger partial charge in [-0.25, -0.2) is 0 Å². The van der Waals surface area contributed by atoms with Crippen LogP contribution in [0.1, 0.15) is 5.56 Å². The Kier molecular flexibility index (Phi) is 3.45. The minimum atomic E-state index is 0.278. The van der Waals surface area contributed by atoms with Gasteiger partial charge in [-0.3, -0.25) is 4.90 Å². The molecule has 1 aromatic carbocycles. The molecule has 1 saturated heterocycles. The zero-order valence-electron chi connectivity index (χ0n) is 8.10. The molecule has 0 aliphatic carbocycles. The summed E-state index contributed by atoms with van der Waals surface area (Å²) in [6.07, 6.45) is 0. The van der Waals surface area contributed by atoms with Crippen molar-refractivity contribution in [1.82, 2.24) is 4.90 Å². The maximum atomic E-state index is 9.16. The highest BCUT2D eigenvalue weighted by Gasteiger charge is 2.23. The van der Waals surface area contributed by atoms with Gasteiger partial charge in [0.2, 0.25) is 0 Å². The van der Waals surface area contributed by atoms with Crippen LogP contribution in [-0.4, -0.2) is 34.3 Å². The molecule has 0 bridgehead atoms. The Balaban J connectivity index is 1.97. The second-order valence-electron chi connectivity index (χ2n) is 3.57. The molecule has 1 aromatic rings. The van der Waals surface area contributed by atoms with E-state index < -0.39 is 0 Å². The fourth-order valence-corrected chi connectivity index (χ4v) is 2.91. The minimum absolute atomic E-state index is 0.278. The molecule has 1 atom stereocenters. The Morgan fingerprint density at radius 3 is 2.86 bits per heavy atom. The lowest BCUT2D eigenvalue weighted by molar-refractivity contribution is 0.160. The van der Waals surface area contributed by atoms with Gasteiger partial charge in [-0.05, 0) is 5.56 Å². The standard InChI is InChI=1S/C11H15NOS/c13-7-11-8-14-9-12(11)6-10-4-2-1-3-5-10/h1-5,11,13H,6-9H2/t11-/m1/s1. The lowest BCUT2D eigenvalue weighted by atomic mass is 10.2. The topological polar surface area (TPSA) is 23.5 Å². The Hall–Kier alpha value is -0.510. The Bertz CT molecular complexity index is 278. The lowest BCUT2D eigenvalue weighted by Gasteiger charge is -2.21. The molecule has 0 unspecified atom stereocenters. The predicted molar refractivity (Wildman–Crippen MR) is 60.2 cm³/mol. The van der Waals surface area contributed by atoms with Crippen LogP contribution < -0.4 is 0 Å². The number of nitrogens with zero attached hydrogens (tertiary/aromatic N) is 1. The second-order valence-corrected chi connectivity index (χ2v) is 4.57. The average molecular weight is 209 g/mol. The fourth-order valence-electron chi connectivity index (χ4n) is 1.68. The van der Waals surface area contributed by atoms with Crippen molar-refractivity contribution in [3.05, 3.63) is 35.9 Å². The van der Waals surface area contributed by atoms with E-state index in [1.165, 1.54) is 5.56 Å². The molecule has 3 heteroatoms. The van der Waals surface area contributed by atoms with Crippen LogP contribution >= 0.6 is 11.8 Å². The number of hydrogen-bond donors (Lipinski definition) is 1. The molecule has 2 rings (SSSR count). The molecule has 2 nitrogen and oxygen atoms in total. The van der Waals surface area contributed by atoms with Gasteiger partial charge in [-0.15, -0.1) is 11.8 Å². The number of aliphatic hydroxyl groups is 1. The Morgan fingerprint density at radius 1 is 1.36 bits per heavy atom. The molecule has 1 N–H and O–H groups in total. The first kappa shape index (κ1) is 10.0. The number of hydrogen-bond acceptors (Lipinski definition) is 3. The monoisotopic (exact) mass is 209 g/mol. The minimum Gasteiger partial charge on any atom is -0.395 e. The quantitative estimate of drug-likeness (QED) is 0.817. The fraction of sp³-hybridized carbons (Fsp3) is 0.455. The highest BCUT2D eigenvalue weighted by molar-refractivity contribution is 7.99. The van der Waals surface area contributed by atoms with Gasteiger partial charge in [0.25, 0.3) is 0 Å². The van der Waals surface area contributed by atoms with Gasteiger partial charge in [0.15, 0.2) is 0 Å². The maximum absolute atomic E-state index is 9.16. The van der Waals surface area contributed by atoms with Crippen molar-refractivity contribution in [3.8, 4) is 0 Å². The zero-order chi connectivity index (χ0) is 9.80. The van der Waals surface area contributed by atoms with Crippen molar-refractivity contribution >= 4 is 11.8 Å². The van der Waals surface area contributed by atoms with Gasteiger partial charge in [0.05, 0.1) is 6.61 Å². The van der Waals surface area contributed by atoms with Gasteiger partial charge in [0, 0.05) is 24.2 Å². The van der Waals surface area contributed by atoms with Crippen LogP contribution in [0.15, 0.2) is 30.3 Å². The highest BCUT2D eigenvalue weighted by atomic mass is 32.2. The summed E-state index contributed by atoms with van der Waals surface area (Å²) < 4.78 is 0. The first-order chi connectivity index (χ1) is 6.90. The Morgan fingerprint density at radius 2 is 2.14 bits per heavy atom. The van der Waals surface area contributed by atoms with Crippen molar-refractivity contribution in [3.63, 3.8) is 0 Å². The normalized spacial score (nSPS) is 22.8. The van der Waals surface area contributed by atoms with Crippen LogP contribution in [0.5, 0.6) is 0 Å². The van der Waals surface area contributed by atoms with Crippen molar-refractivity contribution in [1.29, 1.82) is 0 Å². The summed E-state index contributed by atoms with van der Waals surface area (Å²) in [4.78, 5) is 2.33. The van der Waals surface area contributed by atoms with Gasteiger partial charge >= 0.3 is 0 Å². The van der Waals surface area contributed by atoms with Crippen LogP contribution in [-0.2, 0) is 6.54 Å². The molecule has 76 valence electrons. The average Bonchev–Trinajstić information content (AvgIpc) is 2.67. The first-order valence-corrected chi connectivity index (χ1v) is 6.02. The van der Waals surface area contributed by atoms with Crippen molar-refractivity contribution < 1.29 is 5.11 Å². The summed E-state index contributed by atoms with van der Waals surface area (Å²) >= 11 is 1.90. The number of aliphatic hydroxyl groups excluding tert-OH is 1. The third-order valence-electron chi connectivity index (χ3n) is 2.52. The SMILES string of the molecule is OC[C@@H]1CSCN1Cc1ccccc1. The molecule has 1 aliphatic heterocycles. The molecular formula is C11H15NOS. The van der Waals surface area contributed by atoms with E-state index in [0.717, 1.165) is 18.2 Å². The summed E-state index contributed by atoms with van der Waals surface area (Å²) in [5.41, 5.74) is 1.33. The van der Waals surface area contributed by atoms with Crippen LogP contribution in [0.25, 0.3) is 0 Å². The van der Waals surface area contributed by atoms with E-state index in [1.54, 1.807) is 0 Å². The van der Waals surface area contributed by atoms with Crippen LogP contribution in [0.2, 0.25) is 0 Å². The molecule has 0 spiro atoms. The molecular weight excluding hydrogens is 194 g/mol. The van der Waals surface area contributed by atoms with E-state index >= 15 is 0 Å². The summed E-state index contributed by atoms with van der Waals surface area (Å²) in [5, 5.41) is 9.16. The van der Waals surface area contributed by atoms with E-state index in [-0.39, 0.29) is 6.61 Å². The first-order valence-electron chi connectivity index (χ1n) is 4.86. The molecule has 0 saturated carbocycles. The molecule has 1 aliphatic rings. The second kappa shape index (κ2) is 4.82. The summed E-state index contributed by atoms with van der Waals surface area (Å²) in [6, 6.07) is 10.8. The predicted octanol–water partition coefficient (Wildman–Crippen LogP) is 1.55. The molecule has 1 fully saturated rings. The molecule has 0 aromatic heterocycles. The van der Waals surface area contributed by atoms with Crippen molar-refractivity contribution in [2.45, 2.75) is 12.6 Å². The van der Waals surface area contributed by atoms with Crippen LogP contribution in [0.4, 0.5) is 0 Å². The van der Waals surface area contributed by atoms with E-state index in [1.807, 2.05) is 17.8 Å². The van der Waals surface area contributed by atoms with E-state index in [2.05, 4.69) is 29.2 Å². The molecule has 14 heavy (non-hydrogen) atoms. The number of rotatable bonds is 3. The number of thioether (sulfide) groups is 1. The lowest BCUT2D eigenvalue weighted by Crippen LogP contribution is -2.33. The zero-order valence-corrected chi connectivity index (χ0v) is 8.91. The summed E-state index contributed by atoms with van der Waals surface area (Å²) in [5.74, 6) is 2.10. The third kappa shape index (κ3) is 2.29. The van der Waals surface area contributed by atoms with Gasteiger partial charge in [0.1, 0.15) is 0 Å². The van der Waals surface area contributed by atoms with Gasteiger partial charge in [-0.1, -0.05) is 30.3 Å². The Labute approximate surface area is 88.9 Å². The third-order valence-corrected chi connectivity index (χ3v) is 3.66. The van der Waals surface area contributed by atoms with Crippen molar-refractivity contribution in [2.75, 3.05) is 18.2 Å². The van der Waals surface area contributed by atoms with E-state index in [9.17, 15) is 0 Å². The van der Waals surface area contributed by atoms with E-state index in [4.69, 9.17) is 5.11 Å². The number of benzene rings is 1. The van der Waals surface area contributed by atoms with Crippen molar-refractivity contribution in [2.24, 2.45) is 0 Å². The molecule has 0 amide bonds. The molecule has 0 radical (unpaired) electrons. The molecule has 1 heterocycles. The maximum Gasteiger partial charge on any atom is 0.0595 e. The van der Waals surface area contributed by atoms with Gasteiger partial charge in [-0.2, -0.15) is 0 Å². The van der Waals surface area contributed by atoms with E-state index in [0.29, 0.717) is 6.04 Å². The smallest absolute Gasteiger partial charge is 0.0595 e. The highest BCUT2D eigenvalue weighted by Crippen LogP contribution is 2.22. The largest absolute Gasteiger partial charge is 0.395 e.